The number of carbonyl (C=O) groups excluding carboxylic acids is 1. The first-order valence-electron chi connectivity index (χ1n) is 7.22. The Kier molecular flexibility index (Phi) is 5.35. The van der Waals surface area contributed by atoms with Crippen LogP contribution in [0, 0.1) is 0 Å². The lowest BCUT2D eigenvalue weighted by Crippen LogP contribution is -2.20. The molecule has 0 unspecified atom stereocenters. The second-order valence-corrected chi connectivity index (χ2v) is 5.36. The molecule has 2 rings (SSSR count). The maximum atomic E-state index is 11.8. The third-order valence-corrected chi connectivity index (χ3v) is 3.10. The van der Waals surface area contributed by atoms with Gasteiger partial charge in [-0.05, 0) is 23.6 Å². The first-order chi connectivity index (χ1) is 10.9. The molecule has 0 aliphatic carbocycles. The van der Waals surface area contributed by atoms with E-state index in [0.717, 1.165) is 5.56 Å². The molecule has 1 amide bonds. The van der Waals surface area contributed by atoms with E-state index in [4.69, 9.17) is 9.84 Å². The molecule has 7 nitrogen and oxygen atoms in total. The van der Waals surface area contributed by atoms with Crippen molar-refractivity contribution in [3.63, 3.8) is 0 Å². The number of hydrogen-bond acceptors (Lipinski definition) is 4. The summed E-state index contributed by atoms with van der Waals surface area (Å²) in [7, 11) is 0. The first-order valence-corrected chi connectivity index (χ1v) is 7.22. The summed E-state index contributed by atoms with van der Waals surface area (Å²) in [6.07, 6.45) is 1.48. The lowest BCUT2D eigenvalue weighted by atomic mass is 10.0. The Morgan fingerprint density at radius 3 is 2.83 bits per heavy atom. The highest BCUT2D eigenvalue weighted by atomic mass is 16.5. The molecule has 1 aromatic heterocycles. The zero-order valence-electron chi connectivity index (χ0n) is 13.0. The molecular formula is C16H19N3O4. The smallest absolute Gasteiger partial charge is 0.325 e. The summed E-state index contributed by atoms with van der Waals surface area (Å²) in [5.74, 6) is -0.0658. The van der Waals surface area contributed by atoms with Crippen molar-refractivity contribution < 1.29 is 19.4 Å². The average molecular weight is 317 g/mol. The average Bonchev–Trinajstić information content (AvgIpc) is 2.91. The molecule has 0 spiro atoms. The Balaban J connectivity index is 1.86. The van der Waals surface area contributed by atoms with Crippen LogP contribution in [0.25, 0.3) is 0 Å². The van der Waals surface area contributed by atoms with Crippen molar-refractivity contribution in [2.75, 3.05) is 11.9 Å². The van der Waals surface area contributed by atoms with Gasteiger partial charge in [0, 0.05) is 12.3 Å². The molecule has 122 valence electrons. The van der Waals surface area contributed by atoms with Crippen LogP contribution in [0.1, 0.15) is 25.3 Å². The van der Waals surface area contributed by atoms with E-state index >= 15 is 0 Å². The molecule has 23 heavy (non-hydrogen) atoms. The van der Waals surface area contributed by atoms with Crippen molar-refractivity contribution in [3.05, 3.63) is 42.1 Å². The molecule has 7 heteroatoms. The van der Waals surface area contributed by atoms with Gasteiger partial charge in [-0.3, -0.25) is 14.3 Å². The van der Waals surface area contributed by atoms with Crippen LogP contribution in [0.4, 0.5) is 5.82 Å². The number of ether oxygens (including phenoxy) is 1. The lowest BCUT2D eigenvalue weighted by molar-refractivity contribution is -0.137. The zero-order valence-corrected chi connectivity index (χ0v) is 13.0. The number of aromatic nitrogens is 2. The summed E-state index contributed by atoms with van der Waals surface area (Å²) in [5.41, 5.74) is 1.13. The summed E-state index contributed by atoms with van der Waals surface area (Å²) in [6, 6.07) is 9.11. The van der Waals surface area contributed by atoms with Crippen LogP contribution in [0.3, 0.4) is 0 Å². The van der Waals surface area contributed by atoms with Gasteiger partial charge in [0.15, 0.2) is 12.4 Å². The lowest BCUT2D eigenvalue weighted by Gasteiger charge is -2.09. The van der Waals surface area contributed by atoms with Crippen LogP contribution in [0.2, 0.25) is 0 Å². The van der Waals surface area contributed by atoms with Gasteiger partial charge in [0.25, 0.3) is 5.91 Å². The highest BCUT2D eigenvalue weighted by Gasteiger charge is 2.08. The van der Waals surface area contributed by atoms with Gasteiger partial charge in [0.05, 0.1) is 0 Å². The number of nitrogens with zero attached hydrogens (tertiary/aromatic N) is 2. The quantitative estimate of drug-likeness (QED) is 0.816. The second-order valence-electron chi connectivity index (χ2n) is 5.36. The van der Waals surface area contributed by atoms with E-state index < -0.39 is 5.97 Å². The zero-order chi connectivity index (χ0) is 16.8. The minimum absolute atomic E-state index is 0.145. The van der Waals surface area contributed by atoms with Gasteiger partial charge in [-0.2, -0.15) is 5.10 Å². The fourth-order valence-corrected chi connectivity index (χ4v) is 1.95. The summed E-state index contributed by atoms with van der Waals surface area (Å²) in [4.78, 5) is 22.4. The monoisotopic (exact) mass is 317 g/mol. The number of carboxylic acid groups (broad SMARTS) is 1. The summed E-state index contributed by atoms with van der Waals surface area (Å²) >= 11 is 0. The number of carbonyl (C=O) groups is 2. The molecule has 0 aliphatic rings. The highest BCUT2D eigenvalue weighted by Crippen LogP contribution is 2.20. The molecule has 0 fully saturated rings. The SMILES string of the molecule is CC(C)c1cccc(OCC(=O)Nc2ccn(CC(=O)O)n2)c1. The van der Waals surface area contributed by atoms with E-state index in [1.165, 1.54) is 16.9 Å². The van der Waals surface area contributed by atoms with Gasteiger partial charge in [0.2, 0.25) is 0 Å². The predicted octanol–water partition coefficient (Wildman–Crippen LogP) is 2.11. The first kappa shape index (κ1) is 16.5. The Hall–Kier alpha value is -2.83. The van der Waals surface area contributed by atoms with Crippen LogP contribution in [0.15, 0.2) is 36.5 Å². The van der Waals surface area contributed by atoms with Crippen molar-refractivity contribution in [1.82, 2.24) is 9.78 Å². The second kappa shape index (κ2) is 7.44. The maximum absolute atomic E-state index is 11.8. The van der Waals surface area contributed by atoms with Crippen LogP contribution >= 0.6 is 0 Å². The van der Waals surface area contributed by atoms with E-state index in [2.05, 4.69) is 24.3 Å². The number of rotatable bonds is 7. The third kappa shape index (κ3) is 5.14. The van der Waals surface area contributed by atoms with Gasteiger partial charge in [-0.15, -0.1) is 0 Å². The Morgan fingerprint density at radius 1 is 1.35 bits per heavy atom. The topological polar surface area (TPSA) is 93.5 Å². The van der Waals surface area contributed by atoms with Crippen molar-refractivity contribution in [2.24, 2.45) is 0 Å². The molecule has 0 saturated carbocycles. The van der Waals surface area contributed by atoms with E-state index in [0.29, 0.717) is 11.7 Å². The number of hydrogen-bond donors (Lipinski definition) is 2. The normalized spacial score (nSPS) is 10.6. The van der Waals surface area contributed by atoms with E-state index in [9.17, 15) is 9.59 Å². The third-order valence-electron chi connectivity index (χ3n) is 3.10. The Bertz CT molecular complexity index is 694. The molecule has 0 saturated heterocycles. The minimum Gasteiger partial charge on any atom is -0.484 e. The number of benzene rings is 1. The van der Waals surface area contributed by atoms with Crippen molar-refractivity contribution in [2.45, 2.75) is 26.3 Å². The Morgan fingerprint density at radius 2 is 2.13 bits per heavy atom. The van der Waals surface area contributed by atoms with Crippen LogP contribution in [-0.4, -0.2) is 33.4 Å². The van der Waals surface area contributed by atoms with Gasteiger partial charge in [0.1, 0.15) is 12.3 Å². The number of anilines is 1. The predicted molar refractivity (Wildman–Crippen MR) is 84.5 cm³/mol. The van der Waals surface area contributed by atoms with E-state index in [-0.39, 0.29) is 24.9 Å². The molecule has 1 aromatic carbocycles. The standard InChI is InChI=1S/C16H19N3O4/c1-11(2)12-4-3-5-13(8-12)23-10-15(20)17-14-6-7-19(18-14)9-16(21)22/h3-8,11H,9-10H2,1-2H3,(H,21,22)(H,17,18,20). The van der Waals surface area contributed by atoms with Crippen LogP contribution < -0.4 is 10.1 Å². The van der Waals surface area contributed by atoms with E-state index in [1.807, 2.05) is 18.2 Å². The largest absolute Gasteiger partial charge is 0.484 e. The van der Waals surface area contributed by atoms with Crippen molar-refractivity contribution >= 4 is 17.7 Å². The highest BCUT2D eigenvalue weighted by molar-refractivity contribution is 5.90. The molecule has 0 radical (unpaired) electrons. The summed E-state index contributed by atoms with van der Waals surface area (Å²) in [6.45, 7) is 3.76. The van der Waals surface area contributed by atoms with Gasteiger partial charge in [-0.25, -0.2) is 0 Å². The fraction of sp³-hybridized carbons (Fsp3) is 0.312. The van der Waals surface area contributed by atoms with Gasteiger partial charge < -0.3 is 15.2 Å². The summed E-state index contributed by atoms with van der Waals surface area (Å²) in [5, 5.41) is 15.1. The molecule has 2 aromatic rings. The van der Waals surface area contributed by atoms with Gasteiger partial charge in [-0.1, -0.05) is 26.0 Å². The molecule has 1 heterocycles. The van der Waals surface area contributed by atoms with Crippen molar-refractivity contribution in [1.29, 1.82) is 0 Å². The van der Waals surface area contributed by atoms with E-state index in [1.54, 1.807) is 6.07 Å². The van der Waals surface area contributed by atoms with Crippen LogP contribution in [-0.2, 0) is 16.1 Å². The van der Waals surface area contributed by atoms with Crippen molar-refractivity contribution in [3.8, 4) is 5.75 Å². The van der Waals surface area contributed by atoms with Gasteiger partial charge >= 0.3 is 5.97 Å². The number of amides is 1. The molecule has 0 bridgehead atoms. The Labute approximate surface area is 133 Å². The molecule has 2 N–H and O–H groups in total. The van der Waals surface area contributed by atoms with Crippen LogP contribution in [0.5, 0.6) is 5.75 Å². The fourth-order valence-electron chi connectivity index (χ4n) is 1.95. The summed E-state index contributed by atoms with van der Waals surface area (Å²) < 4.78 is 6.69. The molecular weight excluding hydrogens is 298 g/mol. The minimum atomic E-state index is -1.00. The number of carboxylic acids is 1. The molecule has 0 atom stereocenters. The molecule has 0 aliphatic heterocycles. The number of aliphatic carboxylic acids is 1. The number of nitrogens with one attached hydrogen (secondary N) is 1. The maximum Gasteiger partial charge on any atom is 0.325 e.